The van der Waals surface area contributed by atoms with Gasteiger partial charge in [0.1, 0.15) is 11.6 Å². The summed E-state index contributed by atoms with van der Waals surface area (Å²) in [6, 6.07) is 0. The van der Waals surface area contributed by atoms with Crippen LogP contribution >= 0.6 is 0 Å². The third kappa shape index (κ3) is 7.37. The topological polar surface area (TPSA) is 52.3 Å². The van der Waals surface area contributed by atoms with Crippen molar-refractivity contribution in [2.24, 2.45) is 11.7 Å². The van der Waals surface area contributed by atoms with E-state index in [0.717, 1.165) is 6.42 Å². The van der Waals surface area contributed by atoms with Gasteiger partial charge in [-0.2, -0.15) is 0 Å². The van der Waals surface area contributed by atoms with Crippen molar-refractivity contribution in [3.63, 3.8) is 0 Å². The van der Waals surface area contributed by atoms with E-state index in [1.165, 1.54) is 25.7 Å². The lowest BCUT2D eigenvalue weighted by molar-refractivity contribution is -0.156. The molecule has 3 heteroatoms. The van der Waals surface area contributed by atoms with E-state index in [1.54, 1.807) is 13.8 Å². The van der Waals surface area contributed by atoms with Crippen LogP contribution in [-0.2, 0) is 9.53 Å². The van der Waals surface area contributed by atoms with Crippen molar-refractivity contribution in [1.29, 1.82) is 0 Å². The van der Waals surface area contributed by atoms with Crippen LogP contribution in [-0.4, -0.2) is 17.6 Å². The molecule has 0 spiro atoms. The maximum absolute atomic E-state index is 11.6. The Morgan fingerprint density at radius 1 is 1.24 bits per heavy atom. The number of esters is 1. The van der Waals surface area contributed by atoms with Crippen molar-refractivity contribution in [3.8, 4) is 0 Å². The predicted molar refractivity (Wildman–Crippen MR) is 71.7 cm³/mol. The molecule has 17 heavy (non-hydrogen) atoms. The lowest BCUT2D eigenvalue weighted by Crippen LogP contribution is -2.44. The Morgan fingerprint density at radius 2 is 1.82 bits per heavy atom. The summed E-state index contributed by atoms with van der Waals surface area (Å²) in [6.07, 6.45) is 6.08. The minimum atomic E-state index is -0.893. The number of unbranched alkanes of at least 4 members (excludes halogenated alkanes) is 3. The first kappa shape index (κ1) is 16.4. The average Bonchev–Trinajstić information content (AvgIpc) is 2.22. The van der Waals surface area contributed by atoms with Crippen molar-refractivity contribution in [2.45, 2.75) is 78.4 Å². The summed E-state index contributed by atoms with van der Waals surface area (Å²) < 4.78 is 5.37. The second kappa shape index (κ2) is 7.70. The Kier molecular flexibility index (Phi) is 7.44. The SMILES string of the molecule is CCCCCCC(C)C(C)OC(=O)C(C)(C)N. The first-order valence-electron chi connectivity index (χ1n) is 6.79. The van der Waals surface area contributed by atoms with Crippen molar-refractivity contribution in [1.82, 2.24) is 0 Å². The Balaban J connectivity index is 3.89. The smallest absolute Gasteiger partial charge is 0.325 e. The molecular formula is C14H29NO2. The summed E-state index contributed by atoms with van der Waals surface area (Å²) in [4.78, 5) is 11.6. The van der Waals surface area contributed by atoms with Gasteiger partial charge >= 0.3 is 5.97 Å². The Morgan fingerprint density at radius 3 is 2.29 bits per heavy atom. The van der Waals surface area contributed by atoms with Gasteiger partial charge in [-0.3, -0.25) is 4.79 Å². The number of carbonyl (C=O) groups is 1. The molecule has 0 radical (unpaired) electrons. The lowest BCUT2D eigenvalue weighted by Gasteiger charge is -2.24. The molecule has 2 N–H and O–H groups in total. The highest BCUT2D eigenvalue weighted by atomic mass is 16.5. The highest BCUT2D eigenvalue weighted by molar-refractivity contribution is 5.79. The summed E-state index contributed by atoms with van der Waals surface area (Å²) >= 11 is 0. The van der Waals surface area contributed by atoms with Crippen LogP contribution in [0.3, 0.4) is 0 Å². The molecule has 0 saturated carbocycles. The minimum Gasteiger partial charge on any atom is -0.461 e. The molecule has 2 unspecified atom stereocenters. The maximum atomic E-state index is 11.6. The average molecular weight is 243 g/mol. The quantitative estimate of drug-likeness (QED) is 0.526. The largest absolute Gasteiger partial charge is 0.461 e. The number of hydrogen-bond donors (Lipinski definition) is 1. The van der Waals surface area contributed by atoms with E-state index in [-0.39, 0.29) is 12.1 Å². The highest BCUT2D eigenvalue weighted by Crippen LogP contribution is 2.17. The van der Waals surface area contributed by atoms with E-state index < -0.39 is 5.54 Å². The van der Waals surface area contributed by atoms with Gasteiger partial charge < -0.3 is 10.5 Å². The van der Waals surface area contributed by atoms with Gasteiger partial charge in [0, 0.05) is 0 Å². The molecule has 0 aliphatic carbocycles. The van der Waals surface area contributed by atoms with Gasteiger partial charge in [0.15, 0.2) is 0 Å². The highest BCUT2D eigenvalue weighted by Gasteiger charge is 2.27. The summed E-state index contributed by atoms with van der Waals surface area (Å²) in [7, 11) is 0. The zero-order valence-corrected chi connectivity index (χ0v) is 12.1. The van der Waals surface area contributed by atoms with Crippen LogP contribution in [0.1, 0.15) is 66.7 Å². The van der Waals surface area contributed by atoms with E-state index in [1.807, 2.05) is 6.92 Å². The normalized spacial score (nSPS) is 15.4. The van der Waals surface area contributed by atoms with Gasteiger partial charge in [-0.05, 0) is 33.1 Å². The molecule has 0 amide bonds. The van der Waals surface area contributed by atoms with Crippen LogP contribution in [0, 0.1) is 5.92 Å². The van der Waals surface area contributed by atoms with Gasteiger partial charge in [0.2, 0.25) is 0 Å². The third-order valence-electron chi connectivity index (χ3n) is 3.13. The molecule has 0 aliphatic rings. The zero-order chi connectivity index (χ0) is 13.5. The van der Waals surface area contributed by atoms with Gasteiger partial charge in [0.25, 0.3) is 0 Å². The zero-order valence-electron chi connectivity index (χ0n) is 12.1. The van der Waals surface area contributed by atoms with E-state index in [0.29, 0.717) is 5.92 Å². The standard InChI is InChI=1S/C14H29NO2/c1-6-7-8-9-10-11(2)12(3)17-13(16)14(4,5)15/h11-12H,6-10,15H2,1-5H3. The number of nitrogens with two attached hydrogens (primary N) is 1. The van der Waals surface area contributed by atoms with Crippen LogP contribution < -0.4 is 5.73 Å². The molecule has 0 heterocycles. The van der Waals surface area contributed by atoms with Crippen molar-refractivity contribution >= 4 is 5.97 Å². The number of carbonyl (C=O) groups excluding carboxylic acids is 1. The first-order valence-corrected chi connectivity index (χ1v) is 6.79. The molecule has 0 saturated heterocycles. The summed E-state index contributed by atoms with van der Waals surface area (Å²) in [5.74, 6) is 0.0866. The number of ether oxygens (including phenoxy) is 1. The molecule has 0 aromatic carbocycles. The van der Waals surface area contributed by atoms with E-state index in [2.05, 4.69) is 13.8 Å². The van der Waals surface area contributed by atoms with Crippen molar-refractivity contribution in [2.75, 3.05) is 0 Å². The monoisotopic (exact) mass is 243 g/mol. The summed E-state index contributed by atoms with van der Waals surface area (Å²) in [5.41, 5.74) is 4.80. The Labute approximate surface area is 106 Å². The van der Waals surface area contributed by atoms with E-state index in [9.17, 15) is 4.79 Å². The fourth-order valence-corrected chi connectivity index (χ4v) is 1.56. The second-order valence-corrected chi connectivity index (χ2v) is 5.66. The number of hydrogen-bond acceptors (Lipinski definition) is 3. The first-order chi connectivity index (χ1) is 7.79. The van der Waals surface area contributed by atoms with Gasteiger partial charge in [0.05, 0.1) is 0 Å². The molecule has 0 fully saturated rings. The molecule has 0 aromatic heterocycles. The lowest BCUT2D eigenvalue weighted by atomic mass is 9.97. The molecule has 0 rings (SSSR count). The van der Waals surface area contributed by atoms with Crippen LogP contribution in [0.4, 0.5) is 0 Å². The molecule has 0 aromatic rings. The van der Waals surface area contributed by atoms with Gasteiger partial charge in [-0.25, -0.2) is 0 Å². The minimum absolute atomic E-state index is 0.0491. The molecule has 0 aliphatic heterocycles. The summed E-state index contributed by atoms with van der Waals surface area (Å²) in [6.45, 7) is 9.64. The Bertz CT molecular complexity index is 221. The molecular weight excluding hydrogens is 214 g/mol. The maximum Gasteiger partial charge on any atom is 0.325 e. The number of rotatable bonds is 8. The molecule has 2 atom stereocenters. The van der Waals surface area contributed by atoms with Crippen molar-refractivity contribution in [3.05, 3.63) is 0 Å². The van der Waals surface area contributed by atoms with Gasteiger partial charge in [-0.15, -0.1) is 0 Å². The van der Waals surface area contributed by atoms with E-state index in [4.69, 9.17) is 10.5 Å². The van der Waals surface area contributed by atoms with Crippen LogP contribution in [0.25, 0.3) is 0 Å². The fourth-order valence-electron chi connectivity index (χ4n) is 1.56. The summed E-state index contributed by atoms with van der Waals surface area (Å²) in [5, 5.41) is 0. The van der Waals surface area contributed by atoms with Crippen LogP contribution in [0.5, 0.6) is 0 Å². The van der Waals surface area contributed by atoms with E-state index >= 15 is 0 Å². The van der Waals surface area contributed by atoms with Crippen LogP contribution in [0.2, 0.25) is 0 Å². The Hall–Kier alpha value is -0.570. The third-order valence-corrected chi connectivity index (χ3v) is 3.13. The van der Waals surface area contributed by atoms with Crippen LogP contribution in [0.15, 0.2) is 0 Å². The molecule has 0 bridgehead atoms. The molecule has 3 nitrogen and oxygen atoms in total. The second-order valence-electron chi connectivity index (χ2n) is 5.66. The predicted octanol–water partition coefficient (Wildman–Crippen LogP) is 3.26. The molecule has 102 valence electrons. The van der Waals surface area contributed by atoms with Crippen molar-refractivity contribution < 1.29 is 9.53 Å². The van der Waals surface area contributed by atoms with Gasteiger partial charge in [-0.1, -0.05) is 39.5 Å². The fraction of sp³-hybridized carbons (Fsp3) is 0.929.